The van der Waals surface area contributed by atoms with Gasteiger partial charge in [-0.2, -0.15) is 0 Å². The van der Waals surface area contributed by atoms with Crippen LogP contribution in [-0.4, -0.2) is 22.8 Å². The number of rotatable bonds is 5. The lowest BCUT2D eigenvalue weighted by molar-refractivity contribution is -0.384. The van der Waals surface area contributed by atoms with Crippen molar-refractivity contribution in [1.29, 1.82) is 0 Å². The summed E-state index contributed by atoms with van der Waals surface area (Å²) in [5.41, 5.74) is 2.00. The molecule has 0 bridgehead atoms. The van der Waals surface area contributed by atoms with Gasteiger partial charge in [0.2, 0.25) is 5.78 Å². The highest BCUT2D eigenvalue weighted by Crippen LogP contribution is 2.25. The van der Waals surface area contributed by atoms with Crippen LogP contribution < -0.4 is 0 Å². The Balaban J connectivity index is 2.16. The number of hydrogen-bond acceptors (Lipinski definition) is 5. The molecular weight excluding hydrogens is 346 g/mol. The molecule has 2 aromatic rings. The van der Waals surface area contributed by atoms with Crippen molar-refractivity contribution in [3.63, 3.8) is 0 Å². The molecule has 0 aliphatic heterocycles. The Morgan fingerprint density at radius 2 is 1.72 bits per heavy atom. The van der Waals surface area contributed by atoms with Gasteiger partial charge in [0, 0.05) is 11.6 Å². The predicted molar refractivity (Wildman–Crippen MR) is 93.2 cm³/mol. The number of halogens is 1. The zero-order valence-corrected chi connectivity index (χ0v) is 14.7. The molecule has 7 heteroatoms. The van der Waals surface area contributed by atoms with Gasteiger partial charge in [-0.25, -0.2) is 4.79 Å². The van der Waals surface area contributed by atoms with Crippen LogP contribution in [0.1, 0.15) is 38.8 Å². The van der Waals surface area contributed by atoms with Gasteiger partial charge in [0.15, 0.2) is 6.10 Å². The zero-order chi connectivity index (χ0) is 18.7. The quantitative estimate of drug-likeness (QED) is 0.343. The van der Waals surface area contributed by atoms with Gasteiger partial charge in [0.25, 0.3) is 5.69 Å². The van der Waals surface area contributed by atoms with Crippen molar-refractivity contribution < 1.29 is 19.2 Å². The fourth-order valence-corrected chi connectivity index (χ4v) is 2.38. The summed E-state index contributed by atoms with van der Waals surface area (Å²) in [6.45, 7) is 5.27. The molecule has 0 unspecified atom stereocenters. The van der Waals surface area contributed by atoms with Crippen LogP contribution in [-0.2, 0) is 4.74 Å². The molecule has 0 saturated carbocycles. The molecule has 0 radical (unpaired) electrons. The molecule has 2 aromatic carbocycles. The maximum atomic E-state index is 12.4. The first-order chi connectivity index (χ1) is 11.7. The van der Waals surface area contributed by atoms with E-state index in [0.29, 0.717) is 5.56 Å². The first-order valence-corrected chi connectivity index (χ1v) is 7.85. The summed E-state index contributed by atoms with van der Waals surface area (Å²) in [5, 5.41) is 10.8. The highest BCUT2D eigenvalue weighted by Gasteiger charge is 2.23. The molecule has 130 valence electrons. The number of Topliss-reactive ketones (excluding diaryl/α,β-unsaturated/α-hetero) is 1. The van der Waals surface area contributed by atoms with Gasteiger partial charge in [0.1, 0.15) is 5.02 Å². The van der Waals surface area contributed by atoms with E-state index < -0.39 is 22.7 Å². The maximum Gasteiger partial charge on any atom is 0.339 e. The number of carbonyl (C=O) groups excluding carboxylic acids is 2. The van der Waals surface area contributed by atoms with Crippen molar-refractivity contribution in [3.8, 4) is 0 Å². The average Bonchev–Trinajstić information content (AvgIpc) is 2.56. The zero-order valence-electron chi connectivity index (χ0n) is 13.9. The number of hydrogen-bond donors (Lipinski definition) is 0. The second kappa shape index (κ2) is 7.44. The third kappa shape index (κ3) is 4.22. The molecule has 2 rings (SSSR count). The molecule has 0 fully saturated rings. The predicted octanol–water partition coefficient (Wildman–Crippen LogP) is 4.29. The molecule has 0 amide bonds. The second-order valence-electron chi connectivity index (χ2n) is 5.63. The normalized spacial score (nSPS) is 11.7. The average molecular weight is 362 g/mol. The van der Waals surface area contributed by atoms with Crippen molar-refractivity contribution in [2.45, 2.75) is 26.9 Å². The van der Waals surface area contributed by atoms with Crippen molar-refractivity contribution in [3.05, 3.63) is 73.8 Å². The number of benzene rings is 2. The minimum absolute atomic E-state index is 0.0455. The van der Waals surface area contributed by atoms with Crippen LogP contribution in [0, 0.1) is 24.0 Å². The van der Waals surface area contributed by atoms with E-state index in [1.54, 1.807) is 12.1 Å². The summed E-state index contributed by atoms with van der Waals surface area (Å²) in [6.07, 6.45) is -1.02. The van der Waals surface area contributed by atoms with Gasteiger partial charge in [-0.1, -0.05) is 23.7 Å². The van der Waals surface area contributed by atoms with E-state index in [2.05, 4.69) is 0 Å². The van der Waals surface area contributed by atoms with Crippen LogP contribution in [0.5, 0.6) is 0 Å². The van der Waals surface area contributed by atoms with Gasteiger partial charge in [-0.15, -0.1) is 0 Å². The molecular formula is C18H16ClNO5. The summed E-state index contributed by atoms with van der Waals surface area (Å²) in [7, 11) is 0. The minimum Gasteiger partial charge on any atom is -0.451 e. The molecule has 1 atom stereocenters. The van der Waals surface area contributed by atoms with Gasteiger partial charge < -0.3 is 4.74 Å². The first-order valence-electron chi connectivity index (χ1n) is 7.47. The molecule has 0 aliphatic carbocycles. The lowest BCUT2D eigenvalue weighted by Gasteiger charge is -2.13. The lowest BCUT2D eigenvalue weighted by Crippen LogP contribution is -2.24. The lowest BCUT2D eigenvalue weighted by atomic mass is 10.0. The van der Waals surface area contributed by atoms with E-state index in [1.165, 1.54) is 19.1 Å². The monoisotopic (exact) mass is 361 g/mol. The molecule has 0 heterocycles. The standard InChI is InChI=1S/C18H16ClNO5/c1-10-4-5-13(8-11(10)2)17(21)12(3)25-18(22)14-6-7-15(19)16(9-14)20(23)24/h4-9,12H,1-3H3/t12-/m1/s1. The van der Waals surface area contributed by atoms with Crippen LogP contribution in [0.4, 0.5) is 5.69 Å². The van der Waals surface area contributed by atoms with E-state index in [1.807, 2.05) is 19.9 Å². The van der Waals surface area contributed by atoms with Crippen LogP contribution in [0.15, 0.2) is 36.4 Å². The van der Waals surface area contributed by atoms with Crippen molar-refractivity contribution in [2.75, 3.05) is 0 Å². The molecule has 0 spiro atoms. The Morgan fingerprint density at radius 3 is 2.32 bits per heavy atom. The van der Waals surface area contributed by atoms with Crippen LogP contribution in [0.3, 0.4) is 0 Å². The molecule has 0 aromatic heterocycles. The Morgan fingerprint density at radius 1 is 1.08 bits per heavy atom. The van der Waals surface area contributed by atoms with E-state index in [4.69, 9.17) is 16.3 Å². The van der Waals surface area contributed by atoms with Crippen molar-refractivity contribution in [1.82, 2.24) is 0 Å². The number of nitro groups is 1. The van der Waals surface area contributed by atoms with E-state index in [0.717, 1.165) is 17.2 Å². The van der Waals surface area contributed by atoms with Crippen LogP contribution in [0.2, 0.25) is 5.02 Å². The Bertz CT molecular complexity index is 863. The van der Waals surface area contributed by atoms with Crippen molar-refractivity contribution >= 4 is 29.0 Å². The van der Waals surface area contributed by atoms with Gasteiger partial charge in [0.05, 0.1) is 10.5 Å². The minimum atomic E-state index is -1.02. The Labute approximate surface area is 149 Å². The van der Waals surface area contributed by atoms with E-state index >= 15 is 0 Å². The molecule has 0 saturated heterocycles. The van der Waals surface area contributed by atoms with Gasteiger partial charge in [-0.3, -0.25) is 14.9 Å². The third-order valence-corrected chi connectivity index (χ3v) is 4.14. The summed E-state index contributed by atoms with van der Waals surface area (Å²) >= 11 is 5.71. The summed E-state index contributed by atoms with van der Waals surface area (Å²) < 4.78 is 5.14. The fraction of sp³-hybridized carbons (Fsp3) is 0.222. The Hall–Kier alpha value is -2.73. The number of carbonyl (C=O) groups is 2. The van der Waals surface area contributed by atoms with E-state index in [9.17, 15) is 19.7 Å². The SMILES string of the molecule is Cc1ccc(C(=O)[C@@H](C)OC(=O)c2ccc(Cl)c([N+](=O)[O-])c2)cc1C. The van der Waals surface area contributed by atoms with Crippen LogP contribution >= 0.6 is 11.6 Å². The molecule has 0 aliphatic rings. The summed E-state index contributed by atoms with van der Waals surface area (Å²) in [6, 6.07) is 8.80. The van der Waals surface area contributed by atoms with Crippen molar-refractivity contribution in [2.24, 2.45) is 0 Å². The fourth-order valence-electron chi connectivity index (χ4n) is 2.19. The van der Waals surface area contributed by atoms with Gasteiger partial charge >= 0.3 is 5.97 Å². The molecule has 0 N–H and O–H groups in total. The highest BCUT2D eigenvalue weighted by molar-refractivity contribution is 6.32. The molecule has 6 nitrogen and oxygen atoms in total. The molecule has 25 heavy (non-hydrogen) atoms. The van der Waals surface area contributed by atoms with E-state index in [-0.39, 0.29) is 16.4 Å². The van der Waals surface area contributed by atoms with Crippen LogP contribution in [0.25, 0.3) is 0 Å². The third-order valence-electron chi connectivity index (χ3n) is 3.82. The highest BCUT2D eigenvalue weighted by atomic mass is 35.5. The van der Waals surface area contributed by atoms with Gasteiger partial charge in [-0.05, 0) is 50.1 Å². The number of ketones is 1. The topological polar surface area (TPSA) is 86.5 Å². The summed E-state index contributed by atoms with van der Waals surface area (Å²) in [4.78, 5) is 34.8. The number of esters is 1. The largest absolute Gasteiger partial charge is 0.451 e. The number of ether oxygens (including phenoxy) is 1. The maximum absolute atomic E-state index is 12.4. The number of aryl methyl sites for hydroxylation is 2. The number of nitrogens with zero attached hydrogens (tertiary/aromatic N) is 1. The number of nitro benzene ring substituents is 1. The second-order valence-corrected chi connectivity index (χ2v) is 6.04. The Kier molecular flexibility index (Phi) is 5.54. The summed E-state index contributed by atoms with van der Waals surface area (Å²) in [5.74, 6) is -1.18. The first kappa shape index (κ1) is 18.6. The smallest absolute Gasteiger partial charge is 0.339 e.